The van der Waals surface area contributed by atoms with Crippen LogP contribution in [0.4, 0.5) is 0 Å². The van der Waals surface area contributed by atoms with Gasteiger partial charge in [0.1, 0.15) is 0 Å². The van der Waals surface area contributed by atoms with E-state index in [4.69, 9.17) is 4.74 Å². The zero-order valence-corrected chi connectivity index (χ0v) is 6.57. The Morgan fingerprint density at radius 2 is 1.70 bits per heavy atom. The van der Waals surface area contributed by atoms with Crippen LogP contribution in [0.5, 0.6) is 0 Å². The highest BCUT2D eigenvalue weighted by Gasteiger charge is 2.35. The molecule has 0 aromatic rings. The molecular formula is C9H16O. The first kappa shape index (κ1) is 6.66. The van der Waals surface area contributed by atoms with E-state index in [1.54, 1.807) is 0 Å². The van der Waals surface area contributed by atoms with Crippen molar-refractivity contribution in [1.82, 2.24) is 0 Å². The van der Waals surface area contributed by atoms with Crippen molar-refractivity contribution in [2.24, 2.45) is 5.41 Å². The summed E-state index contributed by atoms with van der Waals surface area (Å²) in [6.07, 6.45) is 8.57. The van der Waals surface area contributed by atoms with Crippen molar-refractivity contribution in [2.75, 3.05) is 13.2 Å². The molecule has 0 atom stereocenters. The van der Waals surface area contributed by atoms with Gasteiger partial charge in [-0.15, -0.1) is 0 Å². The zero-order valence-electron chi connectivity index (χ0n) is 6.57. The van der Waals surface area contributed by atoms with E-state index in [1.165, 1.54) is 38.5 Å². The Bertz CT molecular complexity index is 106. The second kappa shape index (κ2) is 2.54. The molecule has 2 aliphatic rings. The Hall–Kier alpha value is -0.0400. The van der Waals surface area contributed by atoms with Crippen molar-refractivity contribution in [2.45, 2.75) is 38.5 Å². The molecule has 0 unspecified atom stereocenters. The smallest absolute Gasteiger partial charge is 0.0523 e. The van der Waals surface area contributed by atoms with Crippen LogP contribution < -0.4 is 0 Å². The summed E-state index contributed by atoms with van der Waals surface area (Å²) in [6.45, 7) is 2.09. The van der Waals surface area contributed by atoms with Gasteiger partial charge in [0.2, 0.25) is 0 Å². The average Bonchev–Trinajstić information content (AvgIpc) is 2.39. The van der Waals surface area contributed by atoms with Gasteiger partial charge >= 0.3 is 0 Å². The lowest BCUT2D eigenvalue weighted by Gasteiger charge is -2.31. The Morgan fingerprint density at radius 3 is 2.30 bits per heavy atom. The van der Waals surface area contributed by atoms with Crippen molar-refractivity contribution >= 4 is 0 Å². The molecule has 1 nitrogen and oxygen atoms in total. The van der Waals surface area contributed by atoms with Crippen LogP contribution in [-0.2, 0) is 4.74 Å². The largest absolute Gasteiger partial charge is 0.381 e. The molecule has 2 rings (SSSR count). The lowest BCUT2D eigenvalue weighted by atomic mass is 9.74. The van der Waals surface area contributed by atoms with Crippen LogP contribution in [-0.4, -0.2) is 13.2 Å². The summed E-state index contributed by atoms with van der Waals surface area (Å²) < 4.78 is 5.44. The van der Waals surface area contributed by atoms with Crippen LogP contribution >= 0.6 is 0 Å². The maximum Gasteiger partial charge on any atom is 0.0523 e. The van der Waals surface area contributed by atoms with Crippen molar-refractivity contribution in [3.63, 3.8) is 0 Å². The minimum Gasteiger partial charge on any atom is -0.381 e. The number of ether oxygens (including phenoxy) is 1. The average molecular weight is 140 g/mol. The van der Waals surface area contributed by atoms with Crippen molar-refractivity contribution in [3.05, 3.63) is 0 Å². The first-order valence-electron chi connectivity index (χ1n) is 4.49. The van der Waals surface area contributed by atoms with Gasteiger partial charge in [0.15, 0.2) is 0 Å². The van der Waals surface area contributed by atoms with Crippen LogP contribution in [0.3, 0.4) is 0 Å². The fourth-order valence-corrected chi connectivity index (χ4v) is 2.35. The van der Waals surface area contributed by atoms with Crippen LogP contribution in [0.1, 0.15) is 38.5 Å². The lowest BCUT2D eigenvalue weighted by molar-refractivity contribution is 0.123. The summed E-state index contributed by atoms with van der Waals surface area (Å²) in [4.78, 5) is 0. The van der Waals surface area contributed by atoms with Crippen molar-refractivity contribution in [1.29, 1.82) is 0 Å². The molecule has 0 aromatic carbocycles. The summed E-state index contributed by atoms with van der Waals surface area (Å²) in [6, 6.07) is 0. The summed E-state index contributed by atoms with van der Waals surface area (Å²) >= 11 is 0. The van der Waals surface area contributed by atoms with Gasteiger partial charge in [-0.2, -0.15) is 0 Å². The van der Waals surface area contributed by atoms with E-state index in [-0.39, 0.29) is 0 Å². The van der Waals surface area contributed by atoms with Gasteiger partial charge in [0, 0.05) is 6.61 Å². The molecule has 1 saturated heterocycles. The molecule has 10 heavy (non-hydrogen) atoms. The zero-order chi connectivity index (χ0) is 6.86. The van der Waals surface area contributed by atoms with E-state index >= 15 is 0 Å². The molecule has 0 aromatic heterocycles. The molecule has 1 heterocycles. The minimum atomic E-state index is 0.651. The third kappa shape index (κ3) is 1.07. The maximum atomic E-state index is 5.44. The molecule has 1 saturated carbocycles. The van der Waals surface area contributed by atoms with Crippen LogP contribution in [0.25, 0.3) is 0 Å². The van der Waals surface area contributed by atoms with Gasteiger partial charge in [-0.25, -0.2) is 0 Å². The molecule has 1 heteroatoms. The molecular weight excluding hydrogens is 124 g/mol. The molecule has 0 amide bonds. The summed E-state index contributed by atoms with van der Waals surface area (Å²) in [7, 11) is 0. The molecule has 0 N–H and O–H groups in total. The number of hydrogen-bond donors (Lipinski definition) is 0. The highest BCUT2D eigenvalue weighted by atomic mass is 16.5. The van der Waals surface area contributed by atoms with E-state index in [9.17, 15) is 0 Å². The topological polar surface area (TPSA) is 9.23 Å². The highest BCUT2D eigenvalue weighted by molar-refractivity contribution is 4.85. The normalized spacial score (nSPS) is 31.2. The molecule has 1 aliphatic carbocycles. The van der Waals surface area contributed by atoms with Gasteiger partial charge < -0.3 is 4.74 Å². The van der Waals surface area contributed by atoms with Gasteiger partial charge in [-0.05, 0) is 24.7 Å². The lowest BCUT2D eigenvalue weighted by Crippen LogP contribution is -2.23. The maximum absolute atomic E-state index is 5.44. The van der Waals surface area contributed by atoms with Crippen LogP contribution in [0.15, 0.2) is 0 Å². The first-order chi connectivity index (χ1) is 4.91. The van der Waals surface area contributed by atoms with Gasteiger partial charge in [-0.3, -0.25) is 0 Å². The first-order valence-corrected chi connectivity index (χ1v) is 4.49. The molecule has 2 fully saturated rings. The molecule has 0 radical (unpaired) electrons. The second-order valence-electron chi connectivity index (χ2n) is 3.86. The standard InChI is InChI=1S/C9H16O/c1-2-4-9(5-3-1)6-7-10-8-9/h1-8H2. The Balaban J connectivity index is 1.98. The van der Waals surface area contributed by atoms with E-state index in [1.807, 2.05) is 0 Å². The fraction of sp³-hybridized carbons (Fsp3) is 1.00. The highest BCUT2D eigenvalue weighted by Crippen LogP contribution is 2.42. The predicted molar refractivity (Wildman–Crippen MR) is 41.0 cm³/mol. The van der Waals surface area contributed by atoms with Gasteiger partial charge in [0.25, 0.3) is 0 Å². The quantitative estimate of drug-likeness (QED) is 0.502. The van der Waals surface area contributed by atoms with E-state index < -0.39 is 0 Å². The van der Waals surface area contributed by atoms with E-state index in [0.717, 1.165) is 13.2 Å². The number of hydrogen-bond acceptors (Lipinski definition) is 1. The summed E-state index contributed by atoms with van der Waals surface area (Å²) in [5.41, 5.74) is 0.651. The van der Waals surface area contributed by atoms with Crippen molar-refractivity contribution in [3.8, 4) is 0 Å². The predicted octanol–water partition coefficient (Wildman–Crippen LogP) is 2.36. The van der Waals surface area contributed by atoms with Crippen LogP contribution in [0, 0.1) is 5.41 Å². The molecule has 0 bridgehead atoms. The van der Waals surface area contributed by atoms with Gasteiger partial charge in [-0.1, -0.05) is 19.3 Å². The van der Waals surface area contributed by atoms with E-state index in [0.29, 0.717) is 5.41 Å². The SMILES string of the molecule is C1CCC2(CC1)CCOC2. The number of rotatable bonds is 0. The minimum absolute atomic E-state index is 0.651. The Kier molecular flexibility index (Phi) is 1.69. The molecule has 1 aliphatic heterocycles. The van der Waals surface area contributed by atoms with Gasteiger partial charge in [0.05, 0.1) is 6.61 Å². The third-order valence-electron chi connectivity index (χ3n) is 3.10. The monoisotopic (exact) mass is 140 g/mol. The Labute approximate surface area is 62.8 Å². The molecule has 58 valence electrons. The third-order valence-corrected chi connectivity index (χ3v) is 3.10. The van der Waals surface area contributed by atoms with Crippen LogP contribution in [0.2, 0.25) is 0 Å². The summed E-state index contributed by atoms with van der Waals surface area (Å²) in [5.74, 6) is 0. The molecule has 1 spiro atoms. The Morgan fingerprint density at radius 1 is 0.900 bits per heavy atom. The fourth-order valence-electron chi connectivity index (χ4n) is 2.35. The second-order valence-corrected chi connectivity index (χ2v) is 3.86. The summed E-state index contributed by atoms with van der Waals surface area (Å²) in [5, 5.41) is 0. The van der Waals surface area contributed by atoms with E-state index in [2.05, 4.69) is 0 Å². The van der Waals surface area contributed by atoms with Crippen molar-refractivity contribution < 1.29 is 4.74 Å².